The minimum atomic E-state index is -1.39. The van der Waals surface area contributed by atoms with E-state index in [0.29, 0.717) is 5.46 Å². The standard InChI is InChI=1S/C14H25BN2O2/c1-4-8-17(10-9-16(2)3)12-13-6-5-7-14(11-13)15(18)19/h5-7,11,18-19H,4,8-10,12H2,1-3H3. The van der Waals surface area contributed by atoms with Gasteiger partial charge in [-0.2, -0.15) is 0 Å². The van der Waals surface area contributed by atoms with Crippen LogP contribution in [0.25, 0.3) is 0 Å². The molecule has 19 heavy (non-hydrogen) atoms. The van der Waals surface area contributed by atoms with Gasteiger partial charge in [0.05, 0.1) is 0 Å². The Bertz CT molecular complexity index is 372. The molecule has 1 aromatic rings. The fraction of sp³-hybridized carbons (Fsp3) is 0.571. The zero-order valence-corrected chi connectivity index (χ0v) is 12.2. The van der Waals surface area contributed by atoms with E-state index in [1.54, 1.807) is 6.07 Å². The van der Waals surface area contributed by atoms with Crippen LogP contribution >= 0.6 is 0 Å². The number of benzene rings is 1. The maximum atomic E-state index is 9.20. The molecule has 0 atom stereocenters. The highest BCUT2D eigenvalue weighted by atomic mass is 16.4. The van der Waals surface area contributed by atoms with Crippen LogP contribution in [0.15, 0.2) is 24.3 Å². The van der Waals surface area contributed by atoms with Crippen LogP contribution in [-0.2, 0) is 6.54 Å². The second-order valence-corrected chi connectivity index (χ2v) is 5.20. The van der Waals surface area contributed by atoms with Crippen LogP contribution in [-0.4, -0.2) is 60.7 Å². The van der Waals surface area contributed by atoms with Gasteiger partial charge < -0.3 is 14.9 Å². The Labute approximate surface area is 116 Å². The third-order valence-corrected chi connectivity index (χ3v) is 3.06. The minimum absolute atomic E-state index is 0.557. The second kappa shape index (κ2) is 8.33. The average molecular weight is 264 g/mol. The lowest BCUT2D eigenvalue weighted by molar-refractivity contribution is 0.234. The van der Waals surface area contributed by atoms with Crippen molar-refractivity contribution >= 4 is 12.6 Å². The molecule has 0 unspecified atom stereocenters. The monoisotopic (exact) mass is 264 g/mol. The topological polar surface area (TPSA) is 46.9 Å². The Morgan fingerprint density at radius 2 is 1.84 bits per heavy atom. The third kappa shape index (κ3) is 6.21. The lowest BCUT2D eigenvalue weighted by Crippen LogP contribution is -2.33. The summed E-state index contributed by atoms with van der Waals surface area (Å²) in [6.07, 6.45) is 1.12. The summed E-state index contributed by atoms with van der Waals surface area (Å²) >= 11 is 0. The summed E-state index contributed by atoms with van der Waals surface area (Å²) in [4.78, 5) is 4.57. The van der Waals surface area contributed by atoms with Crippen molar-refractivity contribution in [3.63, 3.8) is 0 Å². The predicted molar refractivity (Wildman–Crippen MR) is 80.4 cm³/mol. The van der Waals surface area contributed by atoms with Crippen LogP contribution in [0.3, 0.4) is 0 Å². The first-order chi connectivity index (χ1) is 9.02. The molecule has 0 spiro atoms. The smallest absolute Gasteiger partial charge is 0.423 e. The average Bonchev–Trinajstić information content (AvgIpc) is 2.36. The van der Waals surface area contributed by atoms with Gasteiger partial charge in [-0.15, -0.1) is 0 Å². The second-order valence-electron chi connectivity index (χ2n) is 5.20. The van der Waals surface area contributed by atoms with E-state index < -0.39 is 7.12 Å². The molecular weight excluding hydrogens is 239 g/mol. The van der Waals surface area contributed by atoms with Crippen LogP contribution in [0, 0.1) is 0 Å². The van der Waals surface area contributed by atoms with Gasteiger partial charge >= 0.3 is 7.12 Å². The number of rotatable bonds is 8. The summed E-state index contributed by atoms with van der Waals surface area (Å²) in [5.74, 6) is 0. The Balaban J connectivity index is 2.64. The fourth-order valence-electron chi connectivity index (χ4n) is 2.04. The molecule has 0 amide bonds. The molecule has 0 heterocycles. The van der Waals surface area contributed by atoms with E-state index in [0.717, 1.165) is 38.2 Å². The van der Waals surface area contributed by atoms with Gasteiger partial charge in [0.25, 0.3) is 0 Å². The maximum Gasteiger partial charge on any atom is 0.488 e. The van der Waals surface area contributed by atoms with E-state index in [1.165, 1.54) is 0 Å². The first kappa shape index (κ1) is 16.2. The molecule has 0 aliphatic carbocycles. The highest BCUT2D eigenvalue weighted by molar-refractivity contribution is 6.58. The molecule has 5 heteroatoms. The van der Waals surface area contributed by atoms with Gasteiger partial charge in [-0.25, -0.2) is 0 Å². The Hall–Kier alpha value is -0.875. The van der Waals surface area contributed by atoms with Crippen molar-refractivity contribution in [3.05, 3.63) is 29.8 Å². The molecular formula is C14H25BN2O2. The largest absolute Gasteiger partial charge is 0.488 e. The van der Waals surface area contributed by atoms with Gasteiger partial charge in [0, 0.05) is 19.6 Å². The van der Waals surface area contributed by atoms with E-state index in [4.69, 9.17) is 0 Å². The number of nitrogens with zero attached hydrogens (tertiary/aromatic N) is 2. The van der Waals surface area contributed by atoms with Gasteiger partial charge in [-0.1, -0.05) is 31.2 Å². The molecule has 0 saturated heterocycles. The van der Waals surface area contributed by atoms with Crippen molar-refractivity contribution in [2.75, 3.05) is 33.7 Å². The summed E-state index contributed by atoms with van der Waals surface area (Å²) in [5.41, 5.74) is 1.68. The lowest BCUT2D eigenvalue weighted by Gasteiger charge is -2.23. The summed E-state index contributed by atoms with van der Waals surface area (Å²) in [6, 6.07) is 7.51. The molecule has 0 radical (unpaired) electrons. The third-order valence-electron chi connectivity index (χ3n) is 3.06. The molecule has 2 N–H and O–H groups in total. The normalized spacial score (nSPS) is 11.3. The van der Waals surface area contributed by atoms with E-state index in [9.17, 15) is 10.0 Å². The van der Waals surface area contributed by atoms with Crippen LogP contribution in [0.1, 0.15) is 18.9 Å². The van der Waals surface area contributed by atoms with Crippen LogP contribution in [0.5, 0.6) is 0 Å². The zero-order chi connectivity index (χ0) is 14.3. The van der Waals surface area contributed by atoms with E-state index in [-0.39, 0.29) is 0 Å². The summed E-state index contributed by atoms with van der Waals surface area (Å²) in [5, 5.41) is 18.4. The Kier molecular flexibility index (Phi) is 7.09. The Morgan fingerprint density at radius 3 is 2.42 bits per heavy atom. The lowest BCUT2D eigenvalue weighted by atomic mass is 9.79. The van der Waals surface area contributed by atoms with Crippen molar-refractivity contribution in [3.8, 4) is 0 Å². The van der Waals surface area contributed by atoms with Crippen LogP contribution < -0.4 is 5.46 Å². The summed E-state index contributed by atoms with van der Waals surface area (Å²) in [6.45, 7) is 6.13. The van der Waals surface area contributed by atoms with Gasteiger partial charge in [-0.3, -0.25) is 4.90 Å². The van der Waals surface area contributed by atoms with E-state index in [2.05, 4.69) is 30.8 Å². The molecule has 0 aliphatic rings. The van der Waals surface area contributed by atoms with Crippen molar-refractivity contribution in [1.29, 1.82) is 0 Å². The zero-order valence-electron chi connectivity index (χ0n) is 12.2. The van der Waals surface area contributed by atoms with Crippen LogP contribution in [0.4, 0.5) is 0 Å². The molecule has 0 saturated carbocycles. The molecule has 106 valence electrons. The van der Waals surface area contributed by atoms with E-state index >= 15 is 0 Å². The van der Waals surface area contributed by atoms with Crippen LogP contribution in [0.2, 0.25) is 0 Å². The van der Waals surface area contributed by atoms with Gasteiger partial charge in [-0.05, 0) is 38.1 Å². The van der Waals surface area contributed by atoms with Crippen molar-refractivity contribution in [2.24, 2.45) is 0 Å². The molecule has 0 fully saturated rings. The SMILES string of the molecule is CCCN(CCN(C)C)Cc1cccc(B(O)O)c1. The maximum absolute atomic E-state index is 9.20. The number of hydrogen-bond acceptors (Lipinski definition) is 4. The van der Waals surface area contributed by atoms with Gasteiger partial charge in [0.15, 0.2) is 0 Å². The first-order valence-corrected chi connectivity index (χ1v) is 6.85. The minimum Gasteiger partial charge on any atom is -0.423 e. The quantitative estimate of drug-likeness (QED) is 0.656. The predicted octanol–water partition coefficient (Wildman–Crippen LogP) is 0.140. The molecule has 1 rings (SSSR count). The van der Waals surface area contributed by atoms with Crippen molar-refractivity contribution in [2.45, 2.75) is 19.9 Å². The molecule has 0 aromatic heterocycles. The highest BCUT2D eigenvalue weighted by Crippen LogP contribution is 2.04. The summed E-state index contributed by atoms with van der Waals surface area (Å²) < 4.78 is 0. The van der Waals surface area contributed by atoms with Gasteiger partial charge in [0.2, 0.25) is 0 Å². The molecule has 4 nitrogen and oxygen atoms in total. The molecule has 1 aromatic carbocycles. The van der Waals surface area contributed by atoms with E-state index in [1.807, 2.05) is 18.2 Å². The Morgan fingerprint density at radius 1 is 1.11 bits per heavy atom. The summed E-state index contributed by atoms with van der Waals surface area (Å²) in [7, 11) is 2.76. The number of likely N-dealkylation sites (N-methyl/N-ethyl adjacent to an activating group) is 1. The fourth-order valence-corrected chi connectivity index (χ4v) is 2.04. The van der Waals surface area contributed by atoms with Gasteiger partial charge in [0.1, 0.15) is 0 Å². The molecule has 0 bridgehead atoms. The van der Waals surface area contributed by atoms with Crippen molar-refractivity contribution in [1.82, 2.24) is 9.80 Å². The highest BCUT2D eigenvalue weighted by Gasteiger charge is 2.12. The molecule has 0 aliphatic heterocycles. The first-order valence-electron chi connectivity index (χ1n) is 6.85. The van der Waals surface area contributed by atoms with Crippen molar-refractivity contribution < 1.29 is 10.0 Å². The number of hydrogen-bond donors (Lipinski definition) is 2.